The number of benzene rings is 2. The largest absolute Gasteiger partial charge is 0.481 e. The van der Waals surface area contributed by atoms with E-state index in [4.69, 9.17) is 4.74 Å². The topological polar surface area (TPSA) is 75.6 Å². The molecule has 2 aliphatic rings. The molecule has 0 radical (unpaired) electrons. The number of hydrogen-bond donors (Lipinski definition) is 2. The van der Waals surface area contributed by atoms with Gasteiger partial charge in [-0.2, -0.15) is 0 Å². The standard InChI is InChI=1S/C18H15NO4/c20-17(15-13-8-9-14(23-13)16(15)18(21)22)19-12-7-3-5-10-4-1-2-6-11(10)12/h1-9,13-16H,(H,19,20)(H,21,22)/t13-,14-,15-,16+/m1/s1. The van der Waals surface area contributed by atoms with Crippen LogP contribution in [0.25, 0.3) is 10.8 Å². The van der Waals surface area contributed by atoms with Crippen LogP contribution in [0.3, 0.4) is 0 Å². The van der Waals surface area contributed by atoms with Crippen molar-refractivity contribution in [2.75, 3.05) is 5.32 Å². The molecule has 1 fully saturated rings. The average molecular weight is 309 g/mol. The molecule has 1 saturated heterocycles. The van der Waals surface area contributed by atoms with Gasteiger partial charge >= 0.3 is 5.97 Å². The predicted molar refractivity (Wildman–Crippen MR) is 85.0 cm³/mol. The number of carboxylic acid groups (broad SMARTS) is 1. The Morgan fingerprint density at radius 3 is 2.43 bits per heavy atom. The van der Waals surface area contributed by atoms with Crippen LogP contribution in [-0.4, -0.2) is 29.2 Å². The van der Waals surface area contributed by atoms with E-state index in [-0.39, 0.29) is 5.91 Å². The van der Waals surface area contributed by atoms with Crippen molar-refractivity contribution in [3.63, 3.8) is 0 Å². The van der Waals surface area contributed by atoms with Gasteiger partial charge in [0.2, 0.25) is 5.91 Å². The first-order valence-corrected chi connectivity index (χ1v) is 7.50. The second-order valence-corrected chi connectivity index (χ2v) is 5.86. The fraction of sp³-hybridized carbons (Fsp3) is 0.222. The quantitative estimate of drug-likeness (QED) is 0.854. The summed E-state index contributed by atoms with van der Waals surface area (Å²) in [6, 6.07) is 13.4. The van der Waals surface area contributed by atoms with Crippen LogP contribution in [0.4, 0.5) is 5.69 Å². The molecule has 0 aliphatic carbocycles. The lowest BCUT2D eigenvalue weighted by Gasteiger charge is -2.21. The first-order chi connectivity index (χ1) is 11.1. The van der Waals surface area contributed by atoms with Gasteiger partial charge in [-0.05, 0) is 11.5 Å². The molecule has 2 N–H and O–H groups in total. The zero-order valence-corrected chi connectivity index (χ0v) is 12.2. The summed E-state index contributed by atoms with van der Waals surface area (Å²) in [7, 11) is 0. The molecule has 2 heterocycles. The lowest BCUT2D eigenvalue weighted by Crippen LogP contribution is -2.39. The van der Waals surface area contributed by atoms with Crippen molar-refractivity contribution in [3.8, 4) is 0 Å². The van der Waals surface area contributed by atoms with Crippen LogP contribution in [-0.2, 0) is 14.3 Å². The molecular formula is C18H15NO4. The van der Waals surface area contributed by atoms with Crippen LogP contribution in [0.5, 0.6) is 0 Å². The van der Waals surface area contributed by atoms with Gasteiger partial charge in [0.05, 0.1) is 18.1 Å². The number of nitrogens with one attached hydrogen (secondary N) is 1. The van der Waals surface area contributed by atoms with Gasteiger partial charge in [-0.1, -0.05) is 48.6 Å². The Morgan fingerprint density at radius 1 is 0.957 bits per heavy atom. The molecule has 4 atom stereocenters. The third-order valence-electron chi connectivity index (χ3n) is 4.53. The number of ether oxygens (including phenoxy) is 1. The number of fused-ring (bicyclic) bond motifs is 3. The summed E-state index contributed by atoms with van der Waals surface area (Å²) in [4.78, 5) is 24.2. The molecule has 0 aromatic heterocycles. The van der Waals surface area contributed by atoms with Gasteiger partial charge in [-0.25, -0.2) is 0 Å². The Labute approximate surface area is 132 Å². The summed E-state index contributed by atoms with van der Waals surface area (Å²) in [5.74, 6) is -2.85. The number of carbonyl (C=O) groups is 2. The highest BCUT2D eigenvalue weighted by atomic mass is 16.5. The minimum absolute atomic E-state index is 0.314. The molecule has 2 aromatic carbocycles. The van der Waals surface area contributed by atoms with Gasteiger partial charge in [-0.15, -0.1) is 0 Å². The lowest BCUT2D eigenvalue weighted by molar-refractivity contribution is -0.145. The first kappa shape index (κ1) is 14.0. The molecule has 0 unspecified atom stereocenters. The minimum Gasteiger partial charge on any atom is -0.481 e. The smallest absolute Gasteiger partial charge is 0.310 e. The molecular weight excluding hydrogens is 294 g/mol. The fourth-order valence-corrected chi connectivity index (χ4v) is 3.47. The number of hydrogen-bond acceptors (Lipinski definition) is 3. The molecule has 23 heavy (non-hydrogen) atoms. The van der Waals surface area contributed by atoms with E-state index in [0.717, 1.165) is 10.8 Å². The SMILES string of the molecule is O=C(O)[C@@H]1[C@H](C(=O)Nc2cccc3ccccc23)[C@H]2C=C[C@H]1O2. The summed E-state index contributed by atoms with van der Waals surface area (Å²) in [6.45, 7) is 0. The van der Waals surface area contributed by atoms with Crippen LogP contribution >= 0.6 is 0 Å². The van der Waals surface area contributed by atoms with Gasteiger partial charge in [0, 0.05) is 11.1 Å². The van der Waals surface area contributed by atoms with Crippen molar-refractivity contribution in [2.24, 2.45) is 11.8 Å². The molecule has 0 spiro atoms. The summed E-state index contributed by atoms with van der Waals surface area (Å²) >= 11 is 0. The number of carboxylic acids is 1. The van der Waals surface area contributed by atoms with Crippen molar-refractivity contribution in [1.29, 1.82) is 0 Å². The van der Waals surface area contributed by atoms with Gasteiger partial charge in [-0.3, -0.25) is 9.59 Å². The van der Waals surface area contributed by atoms with E-state index in [1.54, 1.807) is 12.2 Å². The lowest BCUT2D eigenvalue weighted by atomic mass is 9.82. The molecule has 0 saturated carbocycles. The molecule has 5 nitrogen and oxygen atoms in total. The van der Waals surface area contributed by atoms with Crippen LogP contribution in [0.1, 0.15) is 0 Å². The highest BCUT2D eigenvalue weighted by Gasteiger charge is 2.53. The van der Waals surface area contributed by atoms with Crippen molar-refractivity contribution in [2.45, 2.75) is 12.2 Å². The van der Waals surface area contributed by atoms with E-state index in [0.29, 0.717) is 5.69 Å². The Kier molecular flexibility index (Phi) is 3.16. The highest BCUT2D eigenvalue weighted by Crippen LogP contribution is 2.40. The van der Waals surface area contributed by atoms with Crippen molar-refractivity contribution in [1.82, 2.24) is 0 Å². The van der Waals surface area contributed by atoms with Crippen LogP contribution < -0.4 is 5.32 Å². The summed E-state index contributed by atoms with van der Waals surface area (Å²) in [6.07, 6.45) is 2.53. The molecule has 2 aliphatic heterocycles. The Hall–Kier alpha value is -2.66. The second kappa shape index (κ2) is 5.21. The number of anilines is 1. The van der Waals surface area contributed by atoms with Crippen molar-refractivity contribution < 1.29 is 19.4 Å². The average Bonchev–Trinajstić information content (AvgIpc) is 3.16. The number of aliphatic carboxylic acids is 1. The van der Waals surface area contributed by atoms with Gasteiger partial charge < -0.3 is 15.2 Å². The third kappa shape index (κ3) is 2.21. The fourth-order valence-electron chi connectivity index (χ4n) is 3.47. The van der Waals surface area contributed by atoms with Gasteiger partial charge in [0.15, 0.2) is 0 Å². The van der Waals surface area contributed by atoms with Crippen molar-refractivity contribution >= 4 is 28.3 Å². The zero-order valence-electron chi connectivity index (χ0n) is 12.2. The Morgan fingerprint density at radius 2 is 1.65 bits per heavy atom. The molecule has 4 rings (SSSR count). The van der Waals surface area contributed by atoms with Gasteiger partial charge in [0.1, 0.15) is 5.92 Å². The number of amides is 1. The van der Waals surface area contributed by atoms with E-state index in [1.165, 1.54) is 0 Å². The second-order valence-electron chi connectivity index (χ2n) is 5.86. The van der Waals surface area contributed by atoms with Crippen LogP contribution in [0, 0.1) is 11.8 Å². The van der Waals surface area contributed by atoms with E-state index in [1.807, 2.05) is 42.5 Å². The highest BCUT2D eigenvalue weighted by molar-refractivity contribution is 6.04. The summed E-state index contributed by atoms with van der Waals surface area (Å²) in [5, 5.41) is 14.2. The summed E-state index contributed by atoms with van der Waals surface area (Å²) in [5.41, 5.74) is 0.684. The maximum atomic E-state index is 12.7. The molecule has 1 amide bonds. The predicted octanol–water partition coefficient (Wildman–Crippen LogP) is 2.43. The first-order valence-electron chi connectivity index (χ1n) is 7.50. The van der Waals surface area contributed by atoms with E-state index >= 15 is 0 Å². The van der Waals surface area contributed by atoms with Crippen LogP contribution in [0.15, 0.2) is 54.6 Å². The molecule has 2 aromatic rings. The normalized spacial score (nSPS) is 28.2. The minimum atomic E-state index is -1.00. The third-order valence-corrected chi connectivity index (χ3v) is 4.53. The van der Waals surface area contributed by atoms with E-state index in [2.05, 4.69) is 5.32 Å². The number of rotatable bonds is 3. The van der Waals surface area contributed by atoms with Crippen molar-refractivity contribution in [3.05, 3.63) is 54.6 Å². The Bertz CT molecular complexity index is 823. The van der Waals surface area contributed by atoms with Crippen LogP contribution in [0.2, 0.25) is 0 Å². The molecule has 2 bridgehead atoms. The monoisotopic (exact) mass is 309 g/mol. The van der Waals surface area contributed by atoms with E-state index in [9.17, 15) is 14.7 Å². The maximum absolute atomic E-state index is 12.7. The Balaban J connectivity index is 1.65. The van der Waals surface area contributed by atoms with E-state index < -0.39 is 30.0 Å². The summed E-state index contributed by atoms with van der Waals surface area (Å²) < 4.78 is 5.55. The zero-order chi connectivity index (χ0) is 16.0. The molecule has 116 valence electrons. The maximum Gasteiger partial charge on any atom is 0.310 e. The molecule has 5 heteroatoms. The number of carbonyl (C=O) groups excluding carboxylic acids is 1. The van der Waals surface area contributed by atoms with Gasteiger partial charge in [0.25, 0.3) is 0 Å².